The van der Waals surface area contributed by atoms with Gasteiger partial charge in [-0.3, -0.25) is 9.69 Å². The lowest BCUT2D eigenvalue weighted by molar-refractivity contribution is 0.0311. The van der Waals surface area contributed by atoms with E-state index in [4.69, 9.17) is 5.73 Å². The Kier molecular flexibility index (Phi) is 3.54. The minimum Gasteiger partial charge on any atom is -0.398 e. The lowest BCUT2D eigenvalue weighted by Crippen LogP contribution is -2.59. The predicted octanol–water partition coefficient (Wildman–Crippen LogP) is 1.74. The van der Waals surface area contributed by atoms with E-state index >= 15 is 0 Å². The van der Waals surface area contributed by atoms with E-state index in [0.717, 1.165) is 25.2 Å². The molecule has 1 aliphatic rings. The van der Waals surface area contributed by atoms with Crippen molar-refractivity contribution in [1.82, 2.24) is 9.80 Å². The van der Waals surface area contributed by atoms with Crippen LogP contribution in [0.4, 0.5) is 5.69 Å². The number of benzene rings is 1. The van der Waals surface area contributed by atoms with Gasteiger partial charge in [-0.15, -0.1) is 0 Å². The number of piperazine rings is 1. The SMILES string of the molecule is Cc1cccc(N)c1C(=O)N1CCN(C)C(C)(C)C1. The van der Waals surface area contributed by atoms with Crippen LogP contribution < -0.4 is 5.73 Å². The maximum absolute atomic E-state index is 12.7. The van der Waals surface area contributed by atoms with E-state index in [1.54, 1.807) is 6.07 Å². The Morgan fingerprint density at radius 3 is 2.58 bits per heavy atom. The molecule has 1 aromatic carbocycles. The van der Waals surface area contributed by atoms with Crippen LogP contribution in [0.25, 0.3) is 0 Å². The largest absolute Gasteiger partial charge is 0.398 e. The number of hydrogen-bond donors (Lipinski definition) is 1. The second-order valence-electron chi connectivity index (χ2n) is 6.00. The maximum Gasteiger partial charge on any atom is 0.256 e. The van der Waals surface area contributed by atoms with E-state index in [-0.39, 0.29) is 11.4 Å². The quantitative estimate of drug-likeness (QED) is 0.783. The highest BCUT2D eigenvalue weighted by Gasteiger charge is 2.34. The molecule has 1 saturated heterocycles. The highest BCUT2D eigenvalue weighted by molar-refractivity contribution is 6.00. The van der Waals surface area contributed by atoms with Crippen LogP contribution in [0.5, 0.6) is 0 Å². The Morgan fingerprint density at radius 1 is 1.32 bits per heavy atom. The van der Waals surface area contributed by atoms with Crippen molar-refractivity contribution in [3.05, 3.63) is 29.3 Å². The van der Waals surface area contributed by atoms with E-state index < -0.39 is 0 Å². The molecule has 0 spiro atoms. The zero-order chi connectivity index (χ0) is 14.2. The van der Waals surface area contributed by atoms with E-state index in [2.05, 4.69) is 25.8 Å². The second-order valence-corrected chi connectivity index (χ2v) is 6.00. The number of likely N-dealkylation sites (N-methyl/N-ethyl adjacent to an activating group) is 1. The van der Waals surface area contributed by atoms with Crippen molar-refractivity contribution in [3.8, 4) is 0 Å². The van der Waals surface area contributed by atoms with Crippen molar-refractivity contribution in [2.75, 3.05) is 32.4 Å². The molecule has 19 heavy (non-hydrogen) atoms. The Bertz CT molecular complexity index is 476. The summed E-state index contributed by atoms with van der Waals surface area (Å²) in [6, 6.07) is 5.61. The van der Waals surface area contributed by atoms with E-state index in [1.165, 1.54) is 0 Å². The van der Waals surface area contributed by atoms with Gasteiger partial charge in [-0.2, -0.15) is 0 Å². The molecular weight excluding hydrogens is 238 g/mol. The number of carbonyl (C=O) groups is 1. The molecule has 104 valence electrons. The van der Waals surface area contributed by atoms with E-state index in [9.17, 15) is 4.79 Å². The van der Waals surface area contributed by atoms with Crippen LogP contribution in [0.3, 0.4) is 0 Å². The smallest absolute Gasteiger partial charge is 0.256 e. The average Bonchev–Trinajstić information content (AvgIpc) is 2.32. The van der Waals surface area contributed by atoms with Gasteiger partial charge in [0.2, 0.25) is 0 Å². The topological polar surface area (TPSA) is 49.6 Å². The Balaban J connectivity index is 2.26. The zero-order valence-electron chi connectivity index (χ0n) is 12.2. The van der Waals surface area contributed by atoms with Gasteiger partial charge in [-0.05, 0) is 39.4 Å². The molecule has 1 fully saturated rings. The van der Waals surface area contributed by atoms with Crippen molar-refractivity contribution in [3.63, 3.8) is 0 Å². The highest BCUT2D eigenvalue weighted by atomic mass is 16.2. The molecule has 4 nitrogen and oxygen atoms in total. The molecule has 0 bridgehead atoms. The number of rotatable bonds is 1. The van der Waals surface area contributed by atoms with Crippen molar-refractivity contribution >= 4 is 11.6 Å². The molecular formula is C15H23N3O. The van der Waals surface area contributed by atoms with Gasteiger partial charge in [0.25, 0.3) is 5.91 Å². The van der Waals surface area contributed by atoms with Gasteiger partial charge in [-0.1, -0.05) is 12.1 Å². The van der Waals surface area contributed by atoms with Crippen molar-refractivity contribution in [2.45, 2.75) is 26.3 Å². The molecule has 0 unspecified atom stereocenters. The minimum atomic E-state index is 0.00531. The minimum absolute atomic E-state index is 0.00531. The summed E-state index contributed by atoms with van der Waals surface area (Å²) in [7, 11) is 2.10. The highest BCUT2D eigenvalue weighted by Crippen LogP contribution is 2.23. The lowest BCUT2D eigenvalue weighted by atomic mass is 9.98. The fourth-order valence-corrected chi connectivity index (χ4v) is 2.55. The first-order valence-electron chi connectivity index (χ1n) is 6.68. The first kappa shape index (κ1) is 13.9. The van der Waals surface area contributed by atoms with Gasteiger partial charge in [0.15, 0.2) is 0 Å². The number of nitrogens with zero attached hydrogens (tertiary/aromatic N) is 2. The Morgan fingerprint density at radius 2 is 2.00 bits per heavy atom. The molecule has 0 aromatic heterocycles. The summed E-state index contributed by atoms with van der Waals surface area (Å²) in [5.41, 5.74) is 8.14. The molecule has 2 N–H and O–H groups in total. The fourth-order valence-electron chi connectivity index (χ4n) is 2.55. The van der Waals surface area contributed by atoms with Gasteiger partial charge in [0, 0.05) is 30.9 Å². The Hall–Kier alpha value is -1.55. The standard InChI is InChI=1S/C15H23N3O/c1-11-6-5-7-12(16)13(11)14(19)18-9-8-17(4)15(2,3)10-18/h5-7H,8-10,16H2,1-4H3. The normalized spacial score (nSPS) is 19.5. The second kappa shape index (κ2) is 4.85. The lowest BCUT2D eigenvalue weighted by Gasteiger charge is -2.45. The van der Waals surface area contributed by atoms with Gasteiger partial charge in [-0.25, -0.2) is 0 Å². The number of hydrogen-bond acceptors (Lipinski definition) is 3. The third kappa shape index (κ3) is 2.59. The van der Waals surface area contributed by atoms with Crippen LogP contribution >= 0.6 is 0 Å². The van der Waals surface area contributed by atoms with Gasteiger partial charge in [0.05, 0.1) is 5.56 Å². The molecule has 0 atom stereocenters. The summed E-state index contributed by atoms with van der Waals surface area (Å²) in [6.07, 6.45) is 0. The number of nitrogens with two attached hydrogens (primary N) is 1. The van der Waals surface area contributed by atoms with Crippen molar-refractivity contribution in [2.24, 2.45) is 0 Å². The molecule has 2 rings (SSSR count). The van der Waals surface area contributed by atoms with Gasteiger partial charge < -0.3 is 10.6 Å². The van der Waals surface area contributed by atoms with Crippen LogP contribution in [0.1, 0.15) is 29.8 Å². The summed E-state index contributed by atoms with van der Waals surface area (Å²) < 4.78 is 0. The van der Waals surface area contributed by atoms with Gasteiger partial charge >= 0.3 is 0 Å². The number of nitrogen functional groups attached to an aromatic ring is 1. The summed E-state index contributed by atoms with van der Waals surface area (Å²) >= 11 is 0. The molecule has 1 aromatic rings. The van der Waals surface area contributed by atoms with Crippen LogP contribution in [0, 0.1) is 6.92 Å². The summed E-state index contributed by atoms with van der Waals surface area (Å²) in [6.45, 7) is 8.64. The van der Waals surface area contributed by atoms with Crippen LogP contribution in [0.2, 0.25) is 0 Å². The molecule has 0 radical (unpaired) electrons. The number of amides is 1. The molecule has 1 aliphatic heterocycles. The predicted molar refractivity (Wildman–Crippen MR) is 78.2 cm³/mol. The van der Waals surface area contributed by atoms with E-state index in [0.29, 0.717) is 11.3 Å². The van der Waals surface area contributed by atoms with Crippen molar-refractivity contribution < 1.29 is 4.79 Å². The van der Waals surface area contributed by atoms with Crippen LogP contribution in [0.15, 0.2) is 18.2 Å². The fraction of sp³-hybridized carbons (Fsp3) is 0.533. The number of anilines is 1. The monoisotopic (exact) mass is 261 g/mol. The van der Waals surface area contributed by atoms with Crippen LogP contribution in [-0.2, 0) is 0 Å². The molecule has 0 saturated carbocycles. The average molecular weight is 261 g/mol. The number of carbonyl (C=O) groups excluding carboxylic acids is 1. The number of aryl methyl sites for hydroxylation is 1. The van der Waals surface area contributed by atoms with E-state index in [1.807, 2.05) is 24.0 Å². The van der Waals surface area contributed by atoms with Gasteiger partial charge in [0.1, 0.15) is 0 Å². The molecule has 1 heterocycles. The third-order valence-electron chi connectivity index (χ3n) is 4.12. The van der Waals surface area contributed by atoms with Crippen LogP contribution in [-0.4, -0.2) is 47.9 Å². The summed E-state index contributed by atoms with van der Waals surface area (Å²) in [4.78, 5) is 16.9. The summed E-state index contributed by atoms with van der Waals surface area (Å²) in [5.74, 6) is 0.0526. The zero-order valence-corrected chi connectivity index (χ0v) is 12.2. The molecule has 0 aliphatic carbocycles. The first-order chi connectivity index (χ1) is 8.83. The Labute approximate surface area is 115 Å². The third-order valence-corrected chi connectivity index (χ3v) is 4.12. The first-order valence-corrected chi connectivity index (χ1v) is 6.68. The van der Waals surface area contributed by atoms with Crippen molar-refractivity contribution in [1.29, 1.82) is 0 Å². The summed E-state index contributed by atoms with van der Waals surface area (Å²) in [5, 5.41) is 0. The molecule has 1 amide bonds. The molecule has 4 heteroatoms. The maximum atomic E-state index is 12.7.